The Bertz CT molecular complexity index is 222. The molecular weight excluding hydrogens is 300 g/mol. The van der Waals surface area contributed by atoms with Gasteiger partial charge in [-0.15, -0.1) is 0 Å². The molecule has 0 radical (unpaired) electrons. The van der Waals surface area contributed by atoms with E-state index >= 15 is 0 Å². The quantitative estimate of drug-likeness (QED) is 0.336. The fraction of sp³-hybridized carbons (Fsp3) is 1.00. The summed E-state index contributed by atoms with van der Waals surface area (Å²) in [6.45, 7) is 15.1. The molecule has 0 unspecified atom stereocenters. The molecule has 0 saturated carbocycles. The van der Waals surface area contributed by atoms with E-state index in [9.17, 15) is 0 Å². The molecule has 0 amide bonds. The monoisotopic (exact) mass is 336 g/mol. The summed E-state index contributed by atoms with van der Waals surface area (Å²) in [6.07, 6.45) is 1.25. The summed E-state index contributed by atoms with van der Waals surface area (Å²) < 4.78 is 11.8. The van der Waals surface area contributed by atoms with Crippen LogP contribution in [-0.2, 0) is 8.85 Å². The van der Waals surface area contributed by atoms with Gasteiger partial charge in [0, 0.05) is 13.2 Å². The summed E-state index contributed by atoms with van der Waals surface area (Å²) in [7, 11) is -2.80. The van der Waals surface area contributed by atoms with Crippen LogP contribution < -0.4 is 0 Å². The minimum atomic E-state index is -1.87. The summed E-state index contributed by atoms with van der Waals surface area (Å²) in [5.74, 6) is 1.28. The summed E-state index contributed by atoms with van der Waals surface area (Å²) in [4.78, 5) is 0. The predicted octanol–water partition coefficient (Wildman–Crippen LogP) is 5.30. The Morgan fingerprint density at radius 3 is 1.75 bits per heavy atom. The first-order valence-electron chi connectivity index (χ1n) is 8.37. The third-order valence-corrected chi connectivity index (χ3v) is 15.9. The van der Waals surface area contributed by atoms with Gasteiger partial charge in [-0.3, -0.25) is 0 Å². The zero-order chi connectivity index (χ0) is 15.5. The van der Waals surface area contributed by atoms with Crippen molar-refractivity contribution in [3.63, 3.8) is 0 Å². The molecular formula is C15H36O2SSi2. The molecule has 0 aromatic carbocycles. The average Bonchev–Trinajstić information content (AvgIpc) is 2.44. The largest absolute Gasteiger partial charge is 0.395 e. The molecule has 0 spiro atoms. The van der Waals surface area contributed by atoms with Crippen molar-refractivity contribution in [2.45, 2.75) is 71.8 Å². The average molecular weight is 337 g/mol. The van der Waals surface area contributed by atoms with Gasteiger partial charge in [0.05, 0.1) is 8.07 Å². The van der Waals surface area contributed by atoms with Crippen molar-refractivity contribution < 1.29 is 8.85 Å². The minimum absolute atomic E-state index is 0.785. The maximum absolute atomic E-state index is 5.90. The third-order valence-electron chi connectivity index (χ3n) is 4.48. The van der Waals surface area contributed by atoms with E-state index in [0.29, 0.717) is 0 Å². The van der Waals surface area contributed by atoms with Crippen molar-refractivity contribution in [2.75, 3.05) is 24.3 Å². The molecule has 0 saturated heterocycles. The summed E-state index contributed by atoms with van der Waals surface area (Å²) in [5.41, 5.74) is 0. The molecule has 20 heavy (non-hydrogen) atoms. The van der Waals surface area contributed by atoms with Gasteiger partial charge in [0.1, 0.15) is 0 Å². The minimum Gasteiger partial charge on any atom is -0.395 e. The first-order chi connectivity index (χ1) is 9.51. The van der Waals surface area contributed by atoms with Crippen LogP contribution in [-0.4, -0.2) is 41.0 Å². The van der Waals surface area contributed by atoms with Crippen LogP contribution >= 0.6 is 11.8 Å². The van der Waals surface area contributed by atoms with Gasteiger partial charge in [-0.1, -0.05) is 38.9 Å². The molecule has 0 rings (SSSR count). The van der Waals surface area contributed by atoms with E-state index in [4.69, 9.17) is 8.85 Å². The zero-order valence-electron chi connectivity index (χ0n) is 14.6. The van der Waals surface area contributed by atoms with E-state index in [1.165, 1.54) is 35.7 Å². The van der Waals surface area contributed by atoms with Crippen molar-refractivity contribution >= 4 is 28.4 Å². The predicted molar refractivity (Wildman–Crippen MR) is 98.8 cm³/mol. The molecule has 0 bridgehead atoms. The normalized spacial score (nSPS) is 12.9. The van der Waals surface area contributed by atoms with Gasteiger partial charge in [-0.2, -0.15) is 11.8 Å². The van der Waals surface area contributed by atoms with Gasteiger partial charge in [0.2, 0.25) is 0 Å². The van der Waals surface area contributed by atoms with Crippen molar-refractivity contribution in [1.82, 2.24) is 0 Å². The molecule has 0 aliphatic carbocycles. The standard InChI is InChI=1S/C15H36O2SSi2/c1-7-16-19(6,17-8-2)14-12-13-18-15-20(9-3,10-4)11-5/h7-15H2,1-6H3. The number of hydrogen-bond acceptors (Lipinski definition) is 3. The van der Waals surface area contributed by atoms with Gasteiger partial charge in [-0.05, 0) is 44.0 Å². The highest BCUT2D eigenvalue weighted by atomic mass is 32.2. The Labute approximate surface area is 133 Å². The second kappa shape index (κ2) is 11.3. The molecule has 0 aliphatic heterocycles. The van der Waals surface area contributed by atoms with Crippen LogP contribution in [0.25, 0.3) is 0 Å². The first-order valence-corrected chi connectivity index (χ1v) is 14.9. The number of rotatable bonds is 13. The second-order valence-corrected chi connectivity index (χ2v) is 16.2. The molecule has 2 nitrogen and oxygen atoms in total. The molecule has 0 aromatic heterocycles. The SMILES string of the molecule is CCO[Si](C)(CCCSC[Si](CC)(CC)CC)OCC. The lowest BCUT2D eigenvalue weighted by atomic mass is 10.6. The van der Waals surface area contributed by atoms with Crippen LogP contribution in [0.3, 0.4) is 0 Å². The molecule has 0 aliphatic rings. The smallest absolute Gasteiger partial charge is 0.334 e. The van der Waals surface area contributed by atoms with E-state index in [1.54, 1.807) is 0 Å². The van der Waals surface area contributed by atoms with Crippen LogP contribution in [0.1, 0.15) is 41.0 Å². The Morgan fingerprint density at radius 1 is 0.850 bits per heavy atom. The fourth-order valence-electron chi connectivity index (χ4n) is 2.64. The van der Waals surface area contributed by atoms with Gasteiger partial charge in [0.25, 0.3) is 0 Å². The molecule has 0 aromatic rings. The van der Waals surface area contributed by atoms with Crippen molar-refractivity contribution in [3.05, 3.63) is 0 Å². The van der Waals surface area contributed by atoms with Crippen LogP contribution in [0.15, 0.2) is 0 Å². The topological polar surface area (TPSA) is 18.5 Å². The Hall–Kier alpha value is 0.704. The maximum atomic E-state index is 5.90. The van der Waals surface area contributed by atoms with Crippen molar-refractivity contribution in [2.24, 2.45) is 0 Å². The highest BCUT2D eigenvalue weighted by Gasteiger charge is 2.30. The Morgan fingerprint density at radius 2 is 1.35 bits per heavy atom. The third kappa shape index (κ3) is 7.64. The van der Waals surface area contributed by atoms with Gasteiger partial charge in [-0.25, -0.2) is 0 Å². The number of hydrogen-bond donors (Lipinski definition) is 0. The highest BCUT2D eigenvalue weighted by Crippen LogP contribution is 2.26. The molecule has 0 heterocycles. The van der Waals surface area contributed by atoms with Gasteiger partial charge in [0.15, 0.2) is 0 Å². The van der Waals surface area contributed by atoms with Crippen LogP contribution in [0.2, 0.25) is 30.7 Å². The van der Waals surface area contributed by atoms with E-state index < -0.39 is 16.6 Å². The number of thioether (sulfide) groups is 1. The van der Waals surface area contributed by atoms with Crippen LogP contribution in [0.5, 0.6) is 0 Å². The molecule has 5 heteroatoms. The van der Waals surface area contributed by atoms with E-state index in [2.05, 4.69) is 52.9 Å². The second-order valence-electron chi connectivity index (χ2n) is 5.72. The summed E-state index contributed by atoms with van der Waals surface area (Å²) in [6, 6.07) is 5.46. The zero-order valence-corrected chi connectivity index (χ0v) is 17.4. The first kappa shape index (κ1) is 20.7. The van der Waals surface area contributed by atoms with Crippen LogP contribution in [0.4, 0.5) is 0 Å². The molecule has 0 fully saturated rings. The van der Waals surface area contributed by atoms with Crippen LogP contribution in [0, 0.1) is 0 Å². The lowest BCUT2D eigenvalue weighted by Gasteiger charge is -2.28. The highest BCUT2D eigenvalue weighted by molar-refractivity contribution is 8.00. The lowest BCUT2D eigenvalue weighted by Crippen LogP contribution is -2.39. The molecule has 0 atom stereocenters. The van der Waals surface area contributed by atoms with Crippen molar-refractivity contribution in [1.29, 1.82) is 0 Å². The van der Waals surface area contributed by atoms with E-state index in [-0.39, 0.29) is 0 Å². The summed E-state index contributed by atoms with van der Waals surface area (Å²) >= 11 is 2.18. The van der Waals surface area contributed by atoms with Crippen molar-refractivity contribution in [3.8, 4) is 0 Å². The lowest BCUT2D eigenvalue weighted by molar-refractivity contribution is 0.189. The fourth-order valence-corrected chi connectivity index (χ4v) is 11.9. The Balaban J connectivity index is 4.00. The van der Waals surface area contributed by atoms with Gasteiger partial charge < -0.3 is 8.85 Å². The molecule has 122 valence electrons. The summed E-state index contributed by atoms with van der Waals surface area (Å²) in [5, 5.41) is 1.44. The van der Waals surface area contributed by atoms with Gasteiger partial charge >= 0.3 is 8.56 Å². The van der Waals surface area contributed by atoms with E-state index in [0.717, 1.165) is 19.3 Å². The molecule has 0 N–H and O–H groups in total. The maximum Gasteiger partial charge on any atom is 0.334 e. The Kier molecular flexibility index (Phi) is 11.7. The van der Waals surface area contributed by atoms with E-state index in [1.807, 2.05) is 0 Å².